The van der Waals surface area contributed by atoms with Crippen molar-refractivity contribution in [1.29, 1.82) is 0 Å². The lowest BCUT2D eigenvalue weighted by molar-refractivity contribution is 0.260. The zero-order chi connectivity index (χ0) is 11.5. The average Bonchev–Trinajstić information content (AvgIpc) is 2.63. The van der Waals surface area contributed by atoms with Crippen molar-refractivity contribution in [1.82, 2.24) is 4.90 Å². The third kappa shape index (κ3) is 2.81. The SMILES string of the molecule is CC1CN(Cc2ccoc2CN)CC(C)S1. The van der Waals surface area contributed by atoms with Gasteiger partial charge in [0.05, 0.1) is 12.8 Å². The molecular formula is C12H20N2OS. The van der Waals surface area contributed by atoms with Crippen LogP contribution in [-0.4, -0.2) is 28.5 Å². The van der Waals surface area contributed by atoms with E-state index in [4.69, 9.17) is 10.2 Å². The lowest BCUT2D eigenvalue weighted by Crippen LogP contribution is -2.39. The van der Waals surface area contributed by atoms with Crippen molar-refractivity contribution in [2.45, 2.75) is 37.4 Å². The Hall–Kier alpha value is -0.450. The Morgan fingerprint density at radius 2 is 2.12 bits per heavy atom. The molecule has 2 atom stereocenters. The first-order valence-corrected chi connectivity index (χ1v) is 6.76. The van der Waals surface area contributed by atoms with Crippen molar-refractivity contribution in [3.8, 4) is 0 Å². The molecule has 1 aliphatic rings. The molecule has 0 amide bonds. The van der Waals surface area contributed by atoms with Crippen LogP contribution in [0.5, 0.6) is 0 Å². The van der Waals surface area contributed by atoms with E-state index in [0.29, 0.717) is 6.54 Å². The number of nitrogens with zero attached hydrogens (tertiary/aromatic N) is 1. The van der Waals surface area contributed by atoms with Gasteiger partial charge in [0, 0.05) is 35.7 Å². The van der Waals surface area contributed by atoms with Crippen LogP contribution in [0, 0.1) is 0 Å². The van der Waals surface area contributed by atoms with Gasteiger partial charge in [0.2, 0.25) is 0 Å². The predicted molar refractivity (Wildman–Crippen MR) is 68.4 cm³/mol. The Morgan fingerprint density at radius 1 is 1.44 bits per heavy atom. The van der Waals surface area contributed by atoms with Crippen LogP contribution >= 0.6 is 11.8 Å². The lowest BCUT2D eigenvalue weighted by Gasteiger charge is -2.34. The zero-order valence-corrected chi connectivity index (χ0v) is 10.8. The molecule has 0 saturated carbocycles. The summed E-state index contributed by atoms with van der Waals surface area (Å²) >= 11 is 2.08. The molecule has 2 N–H and O–H groups in total. The highest BCUT2D eigenvalue weighted by Crippen LogP contribution is 2.26. The summed E-state index contributed by atoms with van der Waals surface area (Å²) in [5.74, 6) is 0.929. The molecule has 2 rings (SSSR count). The highest BCUT2D eigenvalue weighted by Gasteiger charge is 2.23. The molecule has 1 aromatic rings. The Bertz CT molecular complexity index is 330. The lowest BCUT2D eigenvalue weighted by atomic mass is 10.2. The van der Waals surface area contributed by atoms with Gasteiger partial charge < -0.3 is 10.2 Å². The van der Waals surface area contributed by atoms with Crippen LogP contribution in [0.15, 0.2) is 16.7 Å². The van der Waals surface area contributed by atoms with E-state index < -0.39 is 0 Å². The van der Waals surface area contributed by atoms with Crippen molar-refractivity contribution >= 4 is 11.8 Å². The number of rotatable bonds is 3. The van der Waals surface area contributed by atoms with Crippen LogP contribution in [0.3, 0.4) is 0 Å². The fourth-order valence-corrected chi connectivity index (χ4v) is 3.73. The summed E-state index contributed by atoms with van der Waals surface area (Å²) in [4.78, 5) is 2.50. The number of furan rings is 1. The topological polar surface area (TPSA) is 42.4 Å². The van der Waals surface area contributed by atoms with Crippen LogP contribution in [0.2, 0.25) is 0 Å². The molecule has 0 radical (unpaired) electrons. The molecule has 16 heavy (non-hydrogen) atoms. The molecule has 4 heteroatoms. The highest BCUT2D eigenvalue weighted by atomic mass is 32.2. The molecule has 0 aromatic carbocycles. The van der Waals surface area contributed by atoms with E-state index in [2.05, 4.69) is 30.5 Å². The minimum Gasteiger partial charge on any atom is -0.468 e. The number of thioether (sulfide) groups is 1. The first kappa shape index (κ1) is 12.0. The smallest absolute Gasteiger partial charge is 0.121 e. The second-order valence-electron chi connectivity index (χ2n) is 4.52. The fourth-order valence-electron chi connectivity index (χ4n) is 2.34. The van der Waals surface area contributed by atoms with Gasteiger partial charge in [0.15, 0.2) is 0 Å². The van der Waals surface area contributed by atoms with E-state index in [1.54, 1.807) is 6.26 Å². The summed E-state index contributed by atoms with van der Waals surface area (Å²) in [7, 11) is 0. The molecule has 3 nitrogen and oxygen atoms in total. The number of hydrogen-bond donors (Lipinski definition) is 1. The van der Waals surface area contributed by atoms with Gasteiger partial charge in [-0.25, -0.2) is 0 Å². The molecule has 2 unspecified atom stereocenters. The number of nitrogens with two attached hydrogens (primary N) is 1. The van der Waals surface area contributed by atoms with Crippen LogP contribution in [0.4, 0.5) is 0 Å². The molecule has 90 valence electrons. The van der Waals surface area contributed by atoms with E-state index >= 15 is 0 Å². The first-order chi connectivity index (χ1) is 7.69. The van der Waals surface area contributed by atoms with E-state index in [1.807, 2.05) is 6.07 Å². The minimum absolute atomic E-state index is 0.496. The van der Waals surface area contributed by atoms with Crippen molar-refractivity contribution in [3.05, 3.63) is 23.7 Å². The van der Waals surface area contributed by atoms with E-state index in [9.17, 15) is 0 Å². The maximum absolute atomic E-state index is 5.64. The van der Waals surface area contributed by atoms with E-state index in [0.717, 1.165) is 35.9 Å². The van der Waals surface area contributed by atoms with Crippen molar-refractivity contribution in [3.63, 3.8) is 0 Å². The molecule has 2 heterocycles. The quantitative estimate of drug-likeness (QED) is 0.878. The van der Waals surface area contributed by atoms with Crippen LogP contribution in [-0.2, 0) is 13.1 Å². The molecule has 1 aromatic heterocycles. The molecule has 1 fully saturated rings. The summed E-state index contributed by atoms with van der Waals surface area (Å²) < 4.78 is 5.35. The third-order valence-corrected chi connectivity index (χ3v) is 4.14. The average molecular weight is 240 g/mol. The van der Waals surface area contributed by atoms with Crippen LogP contribution in [0.1, 0.15) is 25.2 Å². The highest BCUT2D eigenvalue weighted by molar-refractivity contribution is 8.00. The van der Waals surface area contributed by atoms with Gasteiger partial charge >= 0.3 is 0 Å². The van der Waals surface area contributed by atoms with Gasteiger partial charge in [-0.05, 0) is 6.07 Å². The van der Waals surface area contributed by atoms with Crippen LogP contribution < -0.4 is 5.73 Å². The van der Waals surface area contributed by atoms with Crippen LogP contribution in [0.25, 0.3) is 0 Å². The monoisotopic (exact) mass is 240 g/mol. The molecular weight excluding hydrogens is 220 g/mol. The molecule has 1 saturated heterocycles. The standard InChI is InChI=1S/C12H20N2OS/c1-9-6-14(7-10(2)16-9)8-11-3-4-15-12(11)5-13/h3-4,9-10H,5-8,13H2,1-2H3. The van der Waals surface area contributed by atoms with Crippen molar-refractivity contribution in [2.75, 3.05) is 13.1 Å². The molecule has 0 aliphatic carbocycles. The van der Waals surface area contributed by atoms with Crippen molar-refractivity contribution in [2.24, 2.45) is 5.73 Å². The van der Waals surface area contributed by atoms with Gasteiger partial charge in [0.1, 0.15) is 5.76 Å². The Morgan fingerprint density at radius 3 is 2.75 bits per heavy atom. The molecule has 1 aliphatic heterocycles. The third-order valence-electron chi connectivity index (χ3n) is 2.91. The first-order valence-electron chi connectivity index (χ1n) is 5.82. The largest absolute Gasteiger partial charge is 0.468 e. The summed E-state index contributed by atoms with van der Waals surface area (Å²) in [5, 5.41) is 1.44. The second kappa shape index (κ2) is 5.25. The molecule has 0 spiro atoms. The maximum atomic E-state index is 5.64. The summed E-state index contributed by atoms with van der Waals surface area (Å²) in [5.41, 5.74) is 6.88. The van der Waals surface area contributed by atoms with E-state index in [-0.39, 0.29) is 0 Å². The summed E-state index contributed by atoms with van der Waals surface area (Å²) in [6.07, 6.45) is 1.74. The summed E-state index contributed by atoms with van der Waals surface area (Å²) in [6.45, 7) is 8.38. The number of hydrogen-bond acceptors (Lipinski definition) is 4. The van der Waals surface area contributed by atoms with Gasteiger partial charge in [-0.3, -0.25) is 4.90 Å². The Balaban J connectivity index is 1.98. The molecule has 0 bridgehead atoms. The maximum Gasteiger partial charge on any atom is 0.121 e. The van der Waals surface area contributed by atoms with Crippen molar-refractivity contribution < 1.29 is 4.42 Å². The fraction of sp³-hybridized carbons (Fsp3) is 0.667. The Kier molecular flexibility index (Phi) is 3.95. The normalized spacial score (nSPS) is 27.2. The van der Waals surface area contributed by atoms with Gasteiger partial charge in [-0.15, -0.1) is 0 Å². The predicted octanol–water partition coefficient (Wildman–Crippen LogP) is 2.06. The summed E-state index contributed by atoms with van der Waals surface area (Å²) in [6, 6.07) is 2.04. The van der Waals surface area contributed by atoms with Gasteiger partial charge in [-0.2, -0.15) is 11.8 Å². The second-order valence-corrected chi connectivity index (χ2v) is 6.41. The van der Waals surface area contributed by atoms with Gasteiger partial charge in [0.25, 0.3) is 0 Å². The minimum atomic E-state index is 0.496. The zero-order valence-electron chi connectivity index (χ0n) is 9.98. The van der Waals surface area contributed by atoms with Gasteiger partial charge in [-0.1, -0.05) is 13.8 Å². The Labute approximate surface area is 101 Å². The van der Waals surface area contributed by atoms with E-state index in [1.165, 1.54) is 5.56 Å².